The fourth-order valence-electron chi connectivity index (χ4n) is 2.12. The van der Waals surface area contributed by atoms with Gasteiger partial charge in [-0.2, -0.15) is 4.39 Å². The first-order valence-electron chi connectivity index (χ1n) is 6.78. The van der Waals surface area contributed by atoms with Crippen molar-refractivity contribution in [3.05, 3.63) is 66.4 Å². The smallest absolute Gasteiger partial charge is 0.203 e. The van der Waals surface area contributed by atoms with E-state index in [4.69, 9.17) is 16.2 Å². The molecule has 0 amide bonds. The average Bonchev–Trinajstić information content (AvgIpc) is 2.57. The van der Waals surface area contributed by atoms with Gasteiger partial charge in [0, 0.05) is 11.8 Å². The summed E-state index contributed by atoms with van der Waals surface area (Å²) in [5.74, 6) is -1.70. The zero-order valence-electron chi connectivity index (χ0n) is 12.0. The molecule has 0 unspecified atom stereocenters. The van der Waals surface area contributed by atoms with Gasteiger partial charge in [-0.1, -0.05) is 12.1 Å². The van der Waals surface area contributed by atoms with Gasteiger partial charge in [-0.3, -0.25) is 0 Å². The molecule has 1 heterocycles. The lowest BCUT2D eigenvalue weighted by Crippen LogP contribution is -1.97. The average molecular weight is 313 g/mol. The number of pyridine rings is 1. The molecular formula is C17H13F2N3O. The number of anilines is 2. The maximum absolute atomic E-state index is 13.7. The number of hydrogen-bond donors (Lipinski definition) is 2. The predicted molar refractivity (Wildman–Crippen MR) is 84.9 cm³/mol. The Bertz CT molecular complexity index is 851. The van der Waals surface area contributed by atoms with Crippen molar-refractivity contribution >= 4 is 11.5 Å². The molecule has 0 spiro atoms. The summed E-state index contributed by atoms with van der Waals surface area (Å²) >= 11 is 0. The van der Waals surface area contributed by atoms with Gasteiger partial charge in [0.2, 0.25) is 5.82 Å². The minimum absolute atomic E-state index is 0.231. The Morgan fingerprint density at radius 1 is 0.870 bits per heavy atom. The van der Waals surface area contributed by atoms with E-state index in [2.05, 4.69) is 4.98 Å². The van der Waals surface area contributed by atoms with Gasteiger partial charge < -0.3 is 16.2 Å². The fourth-order valence-corrected chi connectivity index (χ4v) is 2.12. The Hall–Kier alpha value is -3.15. The number of halogens is 2. The molecule has 0 fully saturated rings. The number of nitrogens with zero attached hydrogens (tertiary/aromatic N) is 1. The van der Waals surface area contributed by atoms with Crippen LogP contribution < -0.4 is 16.2 Å². The van der Waals surface area contributed by atoms with E-state index in [0.717, 1.165) is 11.1 Å². The van der Waals surface area contributed by atoms with E-state index in [0.29, 0.717) is 11.6 Å². The van der Waals surface area contributed by atoms with Crippen molar-refractivity contribution < 1.29 is 13.5 Å². The molecule has 6 heteroatoms. The summed E-state index contributed by atoms with van der Waals surface area (Å²) in [6.07, 6.45) is 1.61. The third kappa shape index (κ3) is 2.91. The molecule has 0 aliphatic rings. The number of rotatable bonds is 3. The highest BCUT2D eigenvalue weighted by Gasteiger charge is 2.13. The van der Waals surface area contributed by atoms with Crippen molar-refractivity contribution in [1.29, 1.82) is 0 Å². The molecule has 4 nitrogen and oxygen atoms in total. The largest absolute Gasteiger partial charge is 0.454 e. The van der Waals surface area contributed by atoms with Crippen LogP contribution in [0.2, 0.25) is 0 Å². The molecule has 2 aromatic carbocycles. The number of benzene rings is 2. The van der Waals surface area contributed by atoms with E-state index in [1.807, 2.05) is 6.07 Å². The van der Waals surface area contributed by atoms with Gasteiger partial charge in [-0.25, -0.2) is 9.37 Å². The molecule has 4 N–H and O–H groups in total. The third-order valence-corrected chi connectivity index (χ3v) is 3.31. The molecule has 0 saturated carbocycles. The van der Waals surface area contributed by atoms with Gasteiger partial charge in [0.05, 0.1) is 5.69 Å². The second-order valence-electron chi connectivity index (χ2n) is 4.84. The molecular weight excluding hydrogens is 300 g/mol. The lowest BCUT2D eigenvalue weighted by Gasteiger charge is -2.09. The van der Waals surface area contributed by atoms with Crippen molar-refractivity contribution in [2.24, 2.45) is 0 Å². The molecule has 0 aliphatic heterocycles. The summed E-state index contributed by atoms with van der Waals surface area (Å²) in [4.78, 5) is 4.02. The molecule has 0 atom stereocenters. The summed E-state index contributed by atoms with van der Waals surface area (Å²) in [5.41, 5.74) is 12.5. The lowest BCUT2D eigenvalue weighted by molar-refractivity contribution is 0.417. The van der Waals surface area contributed by atoms with E-state index in [1.165, 1.54) is 12.1 Å². The molecule has 0 bridgehead atoms. The first kappa shape index (κ1) is 14.8. The van der Waals surface area contributed by atoms with E-state index in [-0.39, 0.29) is 11.4 Å². The van der Waals surface area contributed by atoms with E-state index >= 15 is 0 Å². The van der Waals surface area contributed by atoms with E-state index in [1.54, 1.807) is 36.5 Å². The second-order valence-corrected chi connectivity index (χ2v) is 4.84. The standard InChI is InChI=1S/C17H13F2N3O/c18-15-13(20)7-8-14(16(15)19)23-11-5-3-10(4-6-11)12-2-1-9-22-17(12)21/h1-9H,20H2,(H2,21,22). The molecule has 3 rings (SSSR count). The summed E-state index contributed by atoms with van der Waals surface area (Å²) in [6.45, 7) is 0. The number of ether oxygens (including phenoxy) is 1. The highest BCUT2D eigenvalue weighted by atomic mass is 19.2. The SMILES string of the molecule is Nc1ccc(Oc2ccc(-c3cccnc3N)cc2)c(F)c1F. The molecule has 23 heavy (non-hydrogen) atoms. The number of aromatic nitrogens is 1. The van der Waals surface area contributed by atoms with Crippen LogP contribution in [0.3, 0.4) is 0 Å². The minimum Gasteiger partial charge on any atom is -0.454 e. The quantitative estimate of drug-likeness (QED) is 0.717. The predicted octanol–water partition coefficient (Wildman–Crippen LogP) is 3.98. The van der Waals surface area contributed by atoms with Crippen LogP contribution >= 0.6 is 0 Å². The van der Waals surface area contributed by atoms with Crippen LogP contribution in [0.1, 0.15) is 0 Å². The van der Waals surface area contributed by atoms with Crippen molar-refractivity contribution in [1.82, 2.24) is 4.98 Å². The molecule has 0 saturated heterocycles. The van der Waals surface area contributed by atoms with Crippen molar-refractivity contribution in [3.63, 3.8) is 0 Å². The van der Waals surface area contributed by atoms with Crippen LogP contribution in [0.4, 0.5) is 20.3 Å². The summed E-state index contributed by atoms with van der Waals surface area (Å²) in [7, 11) is 0. The number of nitrogens with two attached hydrogens (primary N) is 2. The topological polar surface area (TPSA) is 74.2 Å². The van der Waals surface area contributed by atoms with Gasteiger partial charge in [-0.15, -0.1) is 0 Å². The van der Waals surface area contributed by atoms with E-state index in [9.17, 15) is 8.78 Å². The van der Waals surface area contributed by atoms with Crippen molar-refractivity contribution in [3.8, 4) is 22.6 Å². The van der Waals surface area contributed by atoms with Crippen molar-refractivity contribution in [2.45, 2.75) is 0 Å². The van der Waals surface area contributed by atoms with Gasteiger partial charge in [0.1, 0.15) is 11.6 Å². The summed E-state index contributed by atoms with van der Waals surface area (Å²) in [5, 5.41) is 0. The lowest BCUT2D eigenvalue weighted by atomic mass is 10.1. The molecule has 1 aromatic heterocycles. The van der Waals surface area contributed by atoms with Gasteiger partial charge >= 0.3 is 0 Å². The zero-order chi connectivity index (χ0) is 16.4. The number of nitrogen functional groups attached to an aromatic ring is 2. The molecule has 116 valence electrons. The van der Waals surface area contributed by atoms with Gasteiger partial charge in [0.25, 0.3) is 0 Å². The molecule has 3 aromatic rings. The van der Waals surface area contributed by atoms with Crippen LogP contribution in [0.15, 0.2) is 54.7 Å². The summed E-state index contributed by atoms with van der Waals surface area (Å²) in [6, 6.07) is 12.9. The maximum Gasteiger partial charge on any atom is 0.203 e. The Balaban J connectivity index is 1.86. The van der Waals surface area contributed by atoms with Crippen molar-refractivity contribution in [2.75, 3.05) is 11.5 Å². The minimum atomic E-state index is -1.12. The fraction of sp³-hybridized carbons (Fsp3) is 0. The molecule has 0 aliphatic carbocycles. The maximum atomic E-state index is 13.7. The first-order chi connectivity index (χ1) is 11.1. The molecule has 0 radical (unpaired) electrons. The highest BCUT2D eigenvalue weighted by Crippen LogP contribution is 2.31. The van der Waals surface area contributed by atoms with Gasteiger partial charge in [0.15, 0.2) is 11.6 Å². The Morgan fingerprint density at radius 2 is 1.61 bits per heavy atom. The number of hydrogen-bond acceptors (Lipinski definition) is 4. The van der Waals surface area contributed by atoms with Crippen LogP contribution in [-0.2, 0) is 0 Å². The van der Waals surface area contributed by atoms with Crippen LogP contribution in [0.25, 0.3) is 11.1 Å². The summed E-state index contributed by atoms with van der Waals surface area (Å²) < 4.78 is 32.5. The monoisotopic (exact) mass is 313 g/mol. The normalized spacial score (nSPS) is 10.5. The van der Waals surface area contributed by atoms with Crippen LogP contribution in [0, 0.1) is 11.6 Å². The van der Waals surface area contributed by atoms with Crippen LogP contribution in [-0.4, -0.2) is 4.98 Å². The Kier molecular flexibility index (Phi) is 3.80. The third-order valence-electron chi connectivity index (χ3n) is 3.31. The first-order valence-corrected chi connectivity index (χ1v) is 6.78. The highest BCUT2D eigenvalue weighted by molar-refractivity contribution is 5.73. The second kappa shape index (κ2) is 5.92. The zero-order valence-corrected chi connectivity index (χ0v) is 12.0. The Labute approximate surface area is 131 Å². The van der Waals surface area contributed by atoms with E-state index < -0.39 is 11.6 Å². The van der Waals surface area contributed by atoms with Gasteiger partial charge in [-0.05, 0) is 42.0 Å². The Morgan fingerprint density at radius 3 is 2.30 bits per heavy atom. The van der Waals surface area contributed by atoms with Crippen LogP contribution in [0.5, 0.6) is 11.5 Å².